The van der Waals surface area contributed by atoms with E-state index >= 15 is 0 Å². The summed E-state index contributed by atoms with van der Waals surface area (Å²) in [5.74, 6) is -0.0694. The quantitative estimate of drug-likeness (QED) is 0.793. The molecule has 0 bridgehead atoms. The molecule has 1 amide bonds. The molecule has 1 aromatic carbocycles. The van der Waals surface area contributed by atoms with Crippen molar-refractivity contribution in [1.82, 2.24) is 14.4 Å². The summed E-state index contributed by atoms with van der Waals surface area (Å²) in [7, 11) is 2.02. The van der Waals surface area contributed by atoms with E-state index in [9.17, 15) is 9.18 Å². The van der Waals surface area contributed by atoms with Crippen molar-refractivity contribution in [3.63, 3.8) is 0 Å². The normalized spacial score (nSPS) is 17.3. The average Bonchev–Trinajstić information content (AvgIpc) is 2.92. The fourth-order valence-electron chi connectivity index (χ4n) is 4.49. The number of hydrogen-bond acceptors (Lipinski definition) is 3. The highest BCUT2D eigenvalue weighted by molar-refractivity contribution is 6.01. The Morgan fingerprint density at radius 3 is 2.34 bits per heavy atom. The van der Waals surface area contributed by atoms with E-state index in [2.05, 4.69) is 33.6 Å². The zero-order valence-corrected chi connectivity index (χ0v) is 17.5. The van der Waals surface area contributed by atoms with Gasteiger partial charge in [-0.2, -0.15) is 0 Å². The molecule has 2 aliphatic rings. The third-order valence-corrected chi connectivity index (χ3v) is 5.93. The van der Waals surface area contributed by atoms with E-state index < -0.39 is 0 Å². The smallest absolute Gasteiger partial charge is 0.256 e. The predicted molar refractivity (Wildman–Crippen MR) is 115 cm³/mol. The summed E-state index contributed by atoms with van der Waals surface area (Å²) in [6.07, 6.45) is 5.22. The molecule has 2 aromatic rings. The van der Waals surface area contributed by atoms with Gasteiger partial charge in [0.15, 0.2) is 0 Å². The van der Waals surface area contributed by atoms with E-state index in [1.807, 2.05) is 31.0 Å². The fraction of sp³-hybridized carbons (Fsp3) is 0.435. The summed E-state index contributed by atoms with van der Waals surface area (Å²) in [5, 5.41) is 0. The van der Waals surface area contributed by atoms with Gasteiger partial charge in [0, 0.05) is 58.2 Å². The van der Waals surface area contributed by atoms with Crippen molar-refractivity contribution < 1.29 is 9.18 Å². The minimum absolute atomic E-state index is 0.135. The maximum absolute atomic E-state index is 13.2. The Hall–Kier alpha value is -2.76. The number of amides is 1. The Bertz CT molecular complexity index is 923. The summed E-state index contributed by atoms with van der Waals surface area (Å²) in [6, 6.07) is 6.72. The van der Waals surface area contributed by atoms with Crippen molar-refractivity contribution in [3.8, 4) is 0 Å². The van der Waals surface area contributed by atoms with Gasteiger partial charge in [-0.25, -0.2) is 4.39 Å². The lowest BCUT2D eigenvalue weighted by atomic mass is 10.1. The summed E-state index contributed by atoms with van der Waals surface area (Å²) in [6.45, 7) is 9.03. The molecular formula is C23H29FN4O. The molecule has 0 spiro atoms. The Morgan fingerprint density at radius 1 is 1.03 bits per heavy atom. The lowest BCUT2D eigenvalue weighted by Crippen LogP contribution is -2.45. The number of anilines is 1. The summed E-state index contributed by atoms with van der Waals surface area (Å²) >= 11 is 0. The molecule has 0 unspecified atom stereocenters. The molecular weight excluding hydrogens is 367 g/mol. The highest BCUT2D eigenvalue weighted by Gasteiger charge is 2.31. The molecule has 1 fully saturated rings. The molecule has 154 valence electrons. The lowest BCUT2D eigenvalue weighted by Gasteiger charge is -2.38. The number of aromatic nitrogens is 1. The first-order valence-electron chi connectivity index (χ1n) is 10.4. The maximum Gasteiger partial charge on any atom is 0.256 e. The van der Waals surface area contributed by atoms with Gasteiger partial charge in [-0.15, -0.1) is 0 Å². The minimum Gasteiger partial charge on any atom is -0.368 e. The van der Waals surface area contributed by atoms with Crippen LogP contribution in [0.3, 0.4) is 0 Å². The zero-order chi connectivity index (χ0) is 20.5. The second-order valence-electron chi connectivity index (χ2n) is 7.94. The molecule has 3 heterocycles. The molecule has 5 nitrogen and oxygen atoms in total. The van der Waals surface area contributed by atoms with Gasteiger partial charge < -0.3 is 19.3 Å². The van der Waals surface area contributed by atoms with Crippen LogP contribution < -0.4 is 4.90 Å². The van der Waals surface area contributed by atoms with Gasteiger partial charge in [-0.1, -0.05) is 6.92 Å². The molecule has 4 rings (SSSR count). The van der Waals surface area contributed by atoms with E-state index in [4.69, 9.17) is 0 Å². The third-order valence-electron chi connectivity index (χ3n) is 5.93. The minimum atomic E-state index is -0.205. The topological polar surface area (TPSA) is 31.7 Å². The highest BCUT2D eigenvalue weighted by Crippen LogP contribution is 2.31. The van der Waals surface area contributed by atoms with Gasteiger partial charge in [0.1, 0.15) is 5.82 Å². The van der Waals surface area contributed by atoms with Crippen molar-refractivity contribution in [2.75, 3.05) is 44.2 Å². The zero-order valence-electron chi connectivity index (χ0n) is 17.5. The van der Waals surface area contributed by atoms with Crippen molar-refractivity contribution >= 4 is 17.3 Å². The Morgan fingerprint density at radius 2 is 1.69 bits per heavy atom. The number of piperazine rings is 1. The average molecular weight is 397 g/mol. The number of rotatable bonds is 4. The monoisotopic (exact) mass is 396 g/mol. The molecule has 1 saturated heterocycles. The Kier molecular flexibility index (Phi) is 5.35. The summed E-state index contributed by atoms with van der Waals surface area (Å²) in [4.78, 5) is 19.8. The molecule has 0 aliphatic carbocycles. The summed E-state index contributed by atoms with van der Waals surface area (Å²) in [5.41, 5.74) is 5.11. The molecule has 0 radical (unpaired) electrons. The number of aryl methyl sites for hydroxylation is 2. The van der Waals surface area contributed by atoms with Crippen molar-refractivity contribution in [1.29, 1.82) is 0 Å². The van der Waals surface area contributed by atoms with Gasteiger partial charge in [-0.3, -0.25) is 4.79 Å². The van der Waals surface area contributed by atoms with Crippen LogP contribution in [0.5, 0.6) is 0 Å². The van der Waals surface area contributed by atoms with Crippen molar-refractivity contribution in [2.24, 2.45) is 7.05 Å². The Labute approximate surface area is 172 Å². The lowest BCUT2D eigenvalue weighted by molar-refractivity contribution is 0.0775. The van der Waals surface area contributed by atoms with E-state index in [-0.39, 0.29) is 11.7 Å². The van der Waals surface area contributed by atoms with Crippen LogP contribution in [0.4, 0.5) is 10.1 Å². The maximum atomic E-state index is 13.2. The molecule has 29 heavy (non-hydrogen) atoms. The standard InChI is InChI=1S/C23H29FN4O/c1-4-10-28-11-9-20(22-21(23(28)29)17(2)16-25(22)3)27-14-12-26(13-15-27)19-7-5-18(24)6-8-19/h5-9,16H,4,10-15H2,1-3H3. The molecule has 0 atom stereocenters. The number of fused-ring (bicyclic) bond motifs is 1. The number of halogens is 1. The van der Waals surface area contributed by atoms with Crippen LogP contribution in [-0.4, -0.2) is 59.5 Å². The molecule has 1 aromatic heterocycles. The molecule has 6 heteroatoms. The van der Waals surface area contributed by atoms with Gasteiger partial charge in [0.25, 0.3) is 5.91 Å². The van der Waals surface area contributed by atoms with Crippen LogP contribution >= 0.6 is 0 Å². The first-order valence-corrected chi connectivity index (χ1v) is 10.4. The molecule has 2 aliphatic heterocycles. The van der Waals surface area contributed by atoms with Crippen molar-refractivity contribution in [2.45, 2.75) is 20.3 Å². The number of benzene rings is 1. The van der Waals surface area contributed by atoms with Crippen LogP contribution in [0.2, 0.25) is 0 Å². The first-order chi connectivity index (χ1) is 14.0. The SMILES string of the molecule is CCCN1CC=C(N2CCN(c3ccc(F)cc3)CC2)c2c(c(C)cn2C)C1=O. The van der Waals surface area contributed by atoms with Crippen LogP contribution in [0, 0.1) is 12.7 Å². The van der Waals surface area contributed by atoms with Gasteiger partial charge in [0.2, 0.25) is 0 Å². The highest BCUT2D eigenvalue weighted by atomic mass is 19.1. The van der Waals surface area contributed by atoms with Gasteiger partial charge >= 0.3 is 0 Å². The first kappa shape index (κ1) is 19.6. The van der Waals surface area contributed by atoms with E-state index in [1.54, 1.807) is 0 Å². The number of hydrogen-bond donors (Lipinski definition) is 0. The van der Waals surface area contributed by atoms with Crippen LogP contribution in [0.15, 0.2) is 36.5 Å². The number of carbonyl (C=O) groups excluding carboxylic acids is 1. The third kappa shape index (κ3) is 3.63. The van der Waals surface area contributed by atoms with E-state index in [0.29, 0.717) is 6.54 Å². The molecule has 0 saturated carbocycles. The summed E-state index contributed by atoms with van der Waals surface area (Å²) < 4.78 is 15.3. The van der Waals surface area contributed by atoms with Crippen LogP contribution in [0.25, 0.3) is 5.70 Å². The van der Waals surface area contributed by atoms with E-state index in [0.717, 1.165) is 67.3 Å². The second-order valence-corrected chi connectivity index (χ2v) is 7.94. The van der Waals surface area contributed by atoms with E-state index in [1.165, 1.54) is 12.1 Å². The number of carbonyl (C=O) groups is 1. The fourth-order valence-corrected chi connectivity index (χ4v) is 4.49. The predicted octanol–water partition coefficient (Wildman–Crippen LogP) is 3.50. The van der Waals surface area contributed by atoms with Gasteiger partial charge in [0.05, 0.1) is 17.0 Å². The largest absolute Gasteiger partial charge is 0.368 e. The molecule has 0 N–H and O–H groups in total. The van der Waals surface area contributed by atoms with Gasteiger partial charge in [-0.05, 0) is 49.2 Å². The number of nitrogens with zero attached hydrogens (tertiary/aromatic N) is 4. The van der Waals surface area contributed by atoms with Crippen molar-refractivity contribution in [3.05, 3.63) is 59.2 Å². The van der Waals surface area contributed by atoms with Crippen LogP contribution in [-0.2, 0) is 7.05 Å². The van der Waals surface area contributed by atoms with Crippen LogP contribution in [0.1, 0.15) is 35.0 Å². The second kappa shape index (κ2) is 7.93. The Balaban J connectivity index is 1.59.